The van der Waals surface area contributed by atoms with Gasteiger partial charge in [0.2, 0.25) is 6.10 Å². The molecule has 0 aliphatic carbocycles. The maximum atomic E-state index is 12.6. The van der Waals surface area contributed by atoms with Gasteiger partial charge in [0, 0.05) is 17.1 Å². The molecule has 0 heterocycles. The number of benzene rings is 2. The van der Waals surface area contributed by atoms with Gasteiger partial charge in [-0.1, -0.05) is 53.5 Å². The van der Waals surface area contributed by atoms with Crippen molar-refractivity contribution >= 4 is 46.8 Å². The summed E-state index contributed by atoms with van der Waals surface area (Å²) >= 11 is 11.8. The second-order valence-corrected chi connectivity index (χ2v) is 6.24. The number of nitrogen functional groups attached to an aromatic ring is 1. The minimum atomic E-state index is -1.38. The molecule has 1 atom stereocenters. The lowest BCUT2D eigenvalue weighted by Gasteiger charge is -2.18. The second-order valence-electron chi connectivity index (χ2n) is 5.39. The average molecular weight is 410 g/mol. The van der Waals surface area contributed by atoms with Gasteiger partial charge in [-0.2, -0.15) is 0 Å². The zero-order chi connectivity index (χ0) is 20.0. The Morgan fingerprint density at radius 2 is 1.81 bits per heavy atom. The molecule has 0 saturated carbocycles. The molecule has 2 aromatic carbocycles. The predicted octanol–water partition coefficient (Wildman–Crippen LogP) is 3.32. The number of halogens is 2. The topological polar surface area (TPSA) is 111 Å². The summed E-state index contributed by atoms with van der Waals surface area (Å²) < 4.78 is 5.33. The number of anilines is 1. The van der Waals surface area contributed by atoms with Gasteiger partial charge in [0.25, 0.3) is 5.91 Å². The van der Waals surface area contributed by atoms with Crippen molar-refractivity contribution in [2.75, 3.05) is 12.3 Å². The van der Waals surface area contributed by atoms with Crippen LogP contribution >= 0.6 is 23.2 Å². The summed E-state index contributed by atoms with van der Waals surface area (Å²) in [4.78, 5) is 36.7. The third-order valence-corrected chi connectivity index (χ3v) is 3.98. The number of urea groups is 1. The maximum Gasteiger partial charge on any atom is 0.341 e. The molecule has 3 amide bonds. The molecule has 27 heavy (non-hydrogen) atoms. The Labute approximate surface area is 165 Å². The molecule has 0 bridgehead atoms. The summed E-state index contributed by atoms with van der Waals surface area (Å²) in [5.74, 6) is -1.72. The van der Waals surface area contributed by atoms with Crippen LogP contribution in [-0.4, -0.2) is 24.5 Å². The first kappa shape index (κ1) is 20.5. The third kappa shape index (κ3) is 5.35. The number of carbonyl (C=O) groups is 3. The fraction of sp³-hybridized carbons (Fsp3) is 0.167. The Balaban J connectivity index is 2.31. The Morgan fingerprint density at radius 3 is 2.44 bits per heavy atom. The van der Waals surface area contributed by atoms with E-state index in [4.69, 9.17) is 33.7 Å². The van der Waals surface area contributed by atoms with Crippen LogP contribution in [0.2, 0.25) is 10.0 Å². The van der Waals surface area contributed by atoms with Crippen molar-refractivity contribution in [2.45, 2.75) is 13.0 Å². The van der Waals surface area contributed by atoms with Crippen LogP contribution in [0, 0.1) is 0 Å². The molecule has 7 nitrogen and oxygen atoms in total. The van der Waals surface area contributed by atoms with Crippen molar-refractivity contribution in [3.8, 4) is 0 Å². The minimum absolute atomic E-state index is 0.0259. The molecule has 9 heteroatoms. The predicted molar refractivity (Wildman–Crippen MR) is 103 cm³/mol. The summed E-state index contributed by atoms with van der Waals surface area (Å²) in [5.41, 5.74) is 6.07. The van der Waals surface area contributed by atoms with Gasteiger partial charge in [-0.25, -0.2) is 9.59 Å². The number of hydrogen-bond acceptors (Lipinski definition) is 5. The van der Waals surface area contributed by atoms with Gasteiger partial charge in [0.1, 0.15) is 0 Å². The number of amides is 3. The number of hydrogen-bond donors (Lipinski definition) is 3. The molecule has 142 valence electrons. The number of ether oxygens (including phenoxy) is 1. The van der Waals surface area contributed by atoms with Crippen LogP contribution in [0.15, 0.2) is 42.5 Å². The van der Waals surface area contributed by atoms with Crippen LogP contribution in [0.3, 0.4) is 0 Å². The average Bonchev–Trinajstić information content (AvgIpc) is 2.63. The van der Waals surface area contributed by atoms with E-state index in [-0.39, 0.29) is 21.3 Å². The van der Waals surface area contributed by atoms with Crippen LogP contribution < -0.4 is 16.4 Å². The van der Waals surface area contributed by atoms with Gasteiger partial charge in [-0.15, -0.1) is 0 Å². The van der Waals surface area contributed by atoms with E-state index in [1.807, 2.05) is 0 Å². The summed E-state index contributed by atoms with van der Waals surface area (Å²) in [6.07, 6.45) is -1.38. The molecule has 4 N–H and O–H groups in total. The van der Waals surface area contributed by atoms with Crippen LogP contribution in [0.1, 0.15) is 28.9 Å². The van der Waals surface area contributed by atoms with Gasteiger partial charge in [0.15, 0.2) is 0 Å². The highest BCUT2D eigenvalue weighted by Gasteiger charge is 2.28. The molecule has 2 aromatic rings. The lowest BCUT2D eigenvalue weighted by atomic mass is 10.1. The molecule has 0 spiro atoms. The van der Waals surface area contributed by atoms with Crippen molar-refractivity contribution in [1.82, 2.24) is 10.6 Å². The lowest BCUT2D eigenvalue weighted by Crippen LogP contribution is -2.42. The molecule has 2 rings (SSSR count). The van der Waals surface area contributed by atoms with Crippen LogP contribution in [0.25, 0.3) is 0 Å². The summed E-state index contributed by atoms with van der Waals surface area (Å²) in [6.45, 7) is 2.02. The zero-order valence-corrected chi connectivity index (χ0v) is 15.8. The number of rotatable bonds is 5. The van der Waals surface area contributed by atoms with E-state index in [2.05, 4.69) is 10.6 Å². The van der Waals surface area contributed by atoms with Gasteiger partial charge in [-0.05, 0) is 19.1 Å². The van der Waals surface area contributed by atoms with E-state index in [1.165, 1.54) is 12.1 Å². The second kappa shape index (κ2) is 9.25. The number of nitrogens with two attached hydrogens (primary N) is 1. The van der Waals surface area contributed by atoms with E-state index < -0.39 is 24.0 Å². The van der Waals surface area contributed by atoms with Crippen molar-refractivity contribution in [2.24, 2.45) is 0 Å². The zero-order valence-electron chi connectivity index (χ0n) is 14.3. The molecular weight excluding hydrogens is 393 g/mol. The van der Waals surface area contributed by atoms with Crippen molar-refractivity contribution in [3.05, 3.63) is 63.6 Å². The Bertz CT molecular complexity index is 859. The molecule has 0 aromatic heterocycles. The molecule has 0 aliphatic rings. The largest absolute Gasteiger partial charge is 0.444 e. The number of carbonyl (C=O) groups excluding carboxylic acids is 3. The summed E-state index contributed by atoms with van der Waals surface area (Å²) in [6, 6.07) is 10.2. The van der Waals surface area contributed by atoms with Crippen molar-refractivity contribution in [1.29, 1.82) is 0 Å². The minimum Gasteiger partial charge on any atom is -0.444 e. The van der Waals surface area contributed by atoms with E-state index >= 15 is 0 Å². The molecule has 0 fully saturated rings. The van der Waals surface area contributed by atoms with E-state index in [9.17, 15) is 14.4 Å². The smallest absolute Gasteiger partial charge is 0.341 e. The first-order valence-electron chi connectivity index (χ1n) is 7.92. The van der Waals surface area contributed by atoms with Crippen molar-refractivity contribution < 1.29 is 19.1 Å². The van der Waals surface area contributed by atoms with Gasteiger partial charge >= 0.3 is 12.0 Å². The van der Waals surface area contributed by atoms with Crippen LogP contribution in [-0.2, 0) is 9.53 Å². The van der Waals surface area contributed by atoms with Crippen LogP contribution in [0.4, 0.5) is 10.5 Å². The lowest BCUT2D eigenvalue weighted by molar-refractivity contribution is -0.129. The molecule has 0 unspecified atom stereocenters. The fourth-order valence-corrected chi connectivity index (χ4v) is 2.70. The van der Waals surface area contributed by atoms with Crippen molar-refractivity contribution in [3.63, 3.8) is 0 Å². The van der Waals surface area contributed by atoms with Gasteiger partial charge in [0.05, 0.1) is 16.3 Å². The van der Waals surface area contributed by atoms with Gasteiger partial charge in [-0.3, -0.25) is 10.1 Å². The maximum absolute atomic E-state index is 12.6. The fourth-order valence-electron chi connectivity index (χ4n) is 2.21. The van der Waals surface area contributed by atoms with E-state index in [1.54, 1.807) is 37.3 Å². The Kier molecular flexibility index (Phi) is 7.04. The van der Waals surface area contributed by atoms with Gasteiger partial charge < -0.3 is 15.8 Å². The Hall–Kier alpha value is -2.77. The normalized spacial score (nSPS) is 11.4. The number of imide groups is 1. The molecule has 0 radical (unpaired) electrons. The third-order valence-electron chi connectivity index (χ3n) is 3.45. The monoisotopic (exact) mass is 409 g/mol. The number of nitrogens with one attached hydrogen (secondary N) is 2. The van der Waals surface area contributed by atoms with Crippen LogP contribution in [0.5, 0.6) is 0 Å². The quantitative estimate of drug-likeness (QED) is 0.518. The highest BCUT2D eigenvalue weighted by molar-refractivity contribution is 6.37. The molecular formula is C18H17Cl2N3O4. The SMILES string of the molecule is CCNC(=O)NC(=O)[C@@H](OC(=O)c1cc(Cl)cc(Cl)c1N)c1ccccc1. The first-order valence-corrected chi connectivity index (χ1v) is 8.68. The molecule has 0 aliphatic heterocycles. The standard InChI is InChI=1S/C18H17Cl2N3O4/c1-2-22-18(26)23-16(24)15(10-6-4-3-5-7-10)27-17(25)12-8-11(19)9-13(20)14(12)21/h3-9,15H,2,21H2,1H3,(H2,22,23,24,26)/t15-/m0/s1. The summed E-state index contributed by atoms with van der Waals surface area (Å²) in [5, 5.41) is 4.82. The Morgan fingerprint density at radius 1 is 1.15 bits per heavy atom. The highest BCUT2D eigenvalue weighted by Crippen LogP contribution is 2.29. The van der Waals surface area contributed by atoms with E-state index in [0.717, 1.165) is 0 Å². The number of esters is 1. The first-order chi connectivity index (χ1) is 12.8. The summed E-state index contributed by atoms with van der Waals surface area (Å²) in [7, 11) is 0. The molecule has 0 saturated heterocycles. The highest BCUT2D eigenvalue weighted by atomic mass is 35.5. The van der Waals surface area contributed by atoms with E-state index in [0.29, 0.717) is 12.1 Å².